The van der Waals surface area contributed by atoms with Crippen molar-refractivity contribution in [2.45, 2.75) is 6.54 Å². The number of anilines is 1. The Hall–Kier alpha value is -2.50. The monoisotopic (exact) mass is 248 g/mol. The Morgan fingerprint density at radius 3 is 3.11 bits per heavy atom. The number of amides is 1. The molecule has 0 aromatic carbocycles. The van der Waals surface area contributed by atoms with E-state index in [2.05, 4.69) is 10.1 Å². The summed E-state index contributed by atoms with van der Waals surface area (Å²) < 4.78 is 11.5. The van der Waals surface area contributed by atoms with Gasteiger partial charge in [-0.05, 0) is 12.1 Å². The molecule has 2 aromatic rings. The molecule has 0 saturated carbocycles. The lowest BCUT2D eigenvalue weighted by atomic mass is 10.3. The minimum absolute atomic E-state index is 0.355. The second-order valence-electron chi connectivity index (χ2n) is 3.55. The first-order valence-corrected chi connectivity index (χ1v) is 5.26. The molecular formula is C12H12N2O4. The van der Waals surface area contributed by atoms with Gasteiger partial charge in [0.25, 0.3) is 0 Å². The highest BCUT2D eigenvalue weighted by Crippen LogP contribution is 2.19. The van der Waals surface area contributed by atoms with Crippen molar-refractivity contribution in [3.8, 4) is 0 Å². The van der Waals surface area contributed by atoms with E-state index < -0.39 is 6.09 Å². The van der Waals surface area contributed by atoms with Crippen LogP contribution in [0, 0.1) is 0 Å². The molecule has 94 valence electrons. The second-order valence-corrected chi connectivity index (χ2v) is 3.55. The molecule has 0 atom stereocenters. The van der Waals surface area contributed by atoms with E-state index in [0.29, 0.717) is 23.7 Å². The summed E-state index contributed by atoms with van der Waals surface area (Å²) >= 11 is 0. The number of methoxy groups -OCH3 is 1. The minimum atomic E-state index is -0.569. The van der Waals surface area contributed by atoms with Gasteiger partial charge in [-0.2, -0.15) is 0 Å². The maximum absolute atomic E-state index is 11.1. The van der Waals surface area contributed by atoms with E-state index in [1.54, 1.807) is 29.0 Å². The van der Waals surface area contributed by atoms with Gasteiger partial charge in [-0.25, -0.2) is 4.79 Å². The van der Waals surface area contributed by atoms with Crippen LogP contribution in [0.1, 0.15) is 16.2 Å². The maximum atomic E-state index is 11.1. The van der Waals surface area contributed by atoms with Crippen LogP contribution < -0.4 is 5.32 Å². The summed E-state index contributed by atoms with van der Waals surface area (Å²) in [6, 6.07) is 5.08. The smallest absolute Gasteiger partial charge is 0.411 e. The third kappa shape index (κ3) is 2.42. The minimum Gasteiger partial charge on any atom is -0.465 e. The van der Waals surface area contributed by atoms with Crippen LogP contribution in [-0.2, 0) is 11.3 Å². The predicted molar refractivity (Wildman–Crippen MR) is 63.7 cm³/mol. The van der Waals surface area contributed by atoms with Gasteiger partial charge in [-0.15, -0.1) is 0 Å². The Morgan fingerprint density at radius 2 is 2.39 bits per heavy atom. The van der Waals surface area contributed by atoms with Crippen LogP contribution in [0.3, 0.4) is 0 Å². The number of rotatable bonds is 4. The number of ether oxygens (including phenoxy) is 1. The van der Waals surface area contributed by atoms with E-state index >= 15 is 0 Å². The van der Waals surface area contributed by atoms with Crippen LogP contribution in [0.4, 0.5) is 10.5 Å². The van der Waals surface area contributed by atoms with E-state index in [0.717, 1.165) is 6.29 Å². The number of hydrogen-bond acceptors (Lipinski definition) is 4. The summed E-state index contributed by atoms with van der Waals surface area (Å²) in [5.41, 5.74) is 1.06. The molecule has 6 heteroatoms. The number of furan rings is 1. The molecule has 0 bridgehead atoms. The SMILES string of the molecule is COC(=O)Nc1ccoc1Cn1cccc1C=O. The van der Waals surface area contributed by atoms with E-state index in [1.807, 2.05) is 0 Å². The fourth-order valence-corrected chi connectivity index (χ4v) is 1.57. The molecule has 2 heterocycles. The molecule has 1 N–H and O–H groups in total. The van der Waals surface area contributed by atoms with Gasteiger partial charge in [-0.1, -0.05) is 0 Å². The van der Waals surface area contributed by atoms with Gasteiger partial charge < -0.3 is 13.7 Å². The van der Waals surface area contributed by atoms with Crippen molar-refractivity contribution in [2.24, 2.45) is 0 Å². The number of nitrogens with one attached hydrogen (secondary N) is 1. The number of aldehydes is 1. The molecule has 18 heavy (non-hydrogen) atoms. The molecule has 0 aliphatic carbocycles. The lowest BCUT2D eigenvalue weighted by molar-refractivity contribution is 0.111. The molecule has 0 radical (unpaired) electrons. The topological polar surface area (TPSA) is 73.5 Å². The van der Waals surface area contributed by atoms with Crippen molar-refractivity contribution < 1.29 is 18.7 Å². The molecule has 0 spiro atoms. The maximum Gasteiger partial charge on any atom is 0.411 e. The van der Waals surface area contributed by atoms with Crippen LogP contribution in [-0.4, -0.2) is 24.1 Å². The number of carbonyl (C=O) groups is 2. The van der Waals surface area contributed by atoms with Crippen molar-refractivity contribution in [1.29, 1.82) is 0 Å². The van der Waals surface area contributed by atoms with Gasteiger partial charge >= 0.3 is 6.09 Å². The zero-order valence-corrected chi connectivity index (χ0v) is 9.75. The molecule has 0 saturated heterocycles. The first-order chi connectivity index (χ1) is 8.74. The molecule has 6 nitrogen and oxygen atoms in total. The molecule has 0 unspecified atom stereocenters. The molecule has 0 aliphatic heterocycles. The van der Waals surface area contributed by atoms with Crippen molar-refractivity contribution in [2.75, 3.05) is 12.4 Å². The highest BCUT2D eigenvalue weighted by atomic mass is 16.5. The summed E-state index contributed by atoms with van der Waals surface area (Å²) in [6.45, 7) is 0.355. The summed E-state index contributed by atoms with van der Waals surface area (Å²) in [4.78, 5) is 21.9. The number of hydrogen-bond donors (Lipinski definition) is 1. The van der Waals surface area contributed by atoms with Crippen molar-refractivity contribution >= 4 is 18.1 Å². The fraction of sp³-hybridized carbons (Fsp3) is 0.167. The molecule has 1 amide bonds. The first kappa shape index (κ1) is 12.0. The Kier molecular flexibility index (Phi) is 3.47. The third-order valence-electron chi connectivity index (χ3n) is 2.47. The third-order valence-corrected chi connectivity index (χ3v) is 2.47. The number of nitrogens with zero attached hydrogens (tertiary/aromatic N) is 1. The largest absolute Gasteiger partial charge is 0.465 e. The van der Waals surface area contributed by atoms with Crippen LogP contribution in [0.5, 0.6) is 0 Å². The lowest BCUT2D eigenvalue weighted by Crippen LogP contribution is -2.12. The zero-order valence-electron chi connectivity index (χ0n) is 9.75. The van der Waals surface area contributed by atoms with Crippen molar-refractivity contribution in [3.63, 3.8) is 0 Å². The average Bonchev–Trinajstić information content (AvgIpc) is 2.99. The van der Waals surface area contributed by atoms with E-state index in [9.17, 15) is 9.59 Å². The Bertz CT molecular complexity index is 556. The van der Waals surface area contributed by atoms with Gasteiger partial charge in [0.2, 0.25) is 0 Å². The van der Waals surface area contributed by atoms with Gasteiger partial charge in [0, 0.05) is 12.3 Å². The molecular weight excluding hydrogens is 236 g/mol. The normalized spacial score (nSPS) is 10.1. The average molecular weight is 248 g/mol. The fourth-order valence-electron chi connectivity index (χ4n) is 1.57. The molecule has 2 aromatic heterocycles. The molecule has 0 aliphatic rings. The Labute approximate surface area is 103 Å². The second kappa shape index (κ2) is 5.22. The standard InChI is InChI=1S/C12H12N2O4/c1-17-12(16)13-10-4-6-18-11(10)7-14-5-2-3-9(14)8-15/h2-6,8H,7H2,1H3,(H,13,16). The molecule has 0 fully saturated rings. The van der Waals surface area contributed by atoms with E-state index in [4.69, 9.17) is 4.42 Å². The van der Waals surface area contributed by atoms with E-state index in [-0.39, 0.29) is 0 Å². The van der Waals surface area contributed by atoms with Crippen molar-refractivity contribution in [1.82, 2.24) is 4.57 Å². The summed E-state index contributed by atoms with van der Waals surface area (Å²) in [6.07, 6.45) is 3.41. The summed E-state index contributed by atoms with van der Waals surface area (Å²) in [5, 5.41) is 2.53. The van der Waals surface area contributed by atoms with Crippen LogP contribution in [0.25, 0.3) is 0 Å². The van der Waals surface area contributed by atoms with Crippen LogP contribution >= 0.6 is 0 Å². The zero-order chi connectivity index (χ0) is 13.0. The van der Waals surface area contributed by atoms with Gasteiger partial charge in [0.15, 0.2) is 6.29 Å². The quantitative estimate of drug-likeness (QED) is 0.841. The van der Waals surface area contributed by atoms with Gasteiger partial charge in [0.1, 0.15) is 5.76 Å². The first-order valence-electron chi connectivity index (χ1n) is 5.26. The Balaban J connectivity index is 2.17. The summed E-state index contributed by atoms with van der Waals surface area (Å²) in [5.74, 6) is 0.541. The Morgan fingerprint density at radius 1 is 1.56 bits per heavy atom. The van der Waals surface area contributed by atoms with Crippen LogP contribution in [0.2, 0.25) is 0 Å². The van der Waals surface area contributed by atoms with Crippen LogP contribution in [0.15, 0.2) is 35.1 Å². The van der Waals surface area contributed by atoms with E-state index in [1.165, 1.54) is 13.4 Å². The highest BCUT2D eigenvalue weighted by Gasteiger charge is 2.11. The number of carbonyl (C=O) groups excluding carboxylic acids is 2. The highest BCUT2D eigenvalue weighted by molar-refractivity contribution is 5.85. The van der Waals surface area contributed by atoms with Gasteiger partial charge in [0.05, 0.1) is 31.3 Å². The van der Waals surface area contributed by atoms with Gasteiger partial charge in [-0.3, -0.25) is 10.1 Å². The number of aromatic nitrogens is 1. The molecule has 2 rings (SSSR count). The predicted octanol–water partition coefficient (Wildman–Crippen LogP) is 2.12. The van der Waals surface area contributed by atoms with Crippen molar-refractivity contribution in [3.05, 3.63) is 42.1 Å². The summed E-state index contributed by atoms with van der Waals surface area (Å²) in [7, 11) is 1.28. The lowest BCUT2D eigenvalue weighted by Gasteiger charge is -2.06.